The highest BCUT2D eigenvalue weighted by atomic mass is 19.4. The standard InChI is InChI=1S/C29H42F3NO6/c1-3-33(4-2)16-17-38-28(37)13-8-6-5-7-12-24-25(27(36)19-26(24)35)15-14-22(34)20-39-23-11-9-10-21(18-23)29(30,31)32/h5,7,9-11,14-15,18,22,24-27,34-36H,3-4,6,8,12-13,16-17,19-20H2,1-2H3. The van der Waals surface area contributed by atoms with Crippen LogP contribution in [0.1, 0.15) is 51.5 Å². The molecule has 0 heterocycles. The first kappa shape index (κ1) is 32.8. The summed E-state index contributed by atoms with van der Waals surface area (Å²) in [5, 5.41) is 31.0. The Labute approximate surface area is 228 Å². The predicted molar refractivity (Wildman–Crippen MR) is 142 cm³/mol. The fourth-order valence-electron chi connectivity index (χ4n) is 4.60. The van der Waals surface area contributed by atoms with Gasteiger partial charge < -0.3 is 29.7 Å². The summed E-state index contributed by atoms with van der Waals surface area (Å²) < 4.78 is 49.1. The molecular formula is C29H42F3NO6. The molecule has 220 valence electrons. The summed E-state index contributed by atoms with van der Waals surface area (Å²) in [6.07, 6.45) is 2.24. The Morgan fingerprint density at radius 2 is 1.92 bits per heavy atom. The summed E-state index contributed by atoms with van der Waals surface area (Å²) >= 11 is 0. The summed E-state index contributed by atoms with van der Waals surface area (Å²) in [6, 6.07) is 4.41. The zero-order valence-electron chi connectivity index (χ0n) is 22.7. The van der Waals surface area contributed by atoms with Crippen LogP contribution in [0.4, 0.5) is 13.2 Å². The lowest BCUT2D eigenvalue weighted by Crippen LogP contribution is -2.27. The molecule has 0 spiro atoms. The van der Waals surface area contributed by atoms with E-state index in [4.69, 9.17) is 9.47 Å². The van der Waals surface area contributed by atoms with Gasteiger partial charge in [0.2, 0.25) is 0 Å². The number of aliphatic hydroxyl groups excluding tert-OH is 3. The van der Waals surface area contributed by atoms with Gasteiger partial charge in [-0.05, 0) is 56.5 Å². The van der Waals surface area contributed by atoms with Crippen molar-refractivity contribution in [2.45, 2.75) is 70.4 Å². The van der Waals surface area contributed by atoms with E-state index in [1.165, 1.54) is 18.2 Å². The summed E-state index contributed by atoms with van der Waals surface area (Å²) in [5.74, 6) is -0.877. The number of carbonyl (C=O) groups excluding carboxylic acids is 1. The quantitative estimate of drug-likeness (QED) is 0.158. The van der Waals surface area contributed by atoms with Crippen LogP contribution in [-0.2, 0) is 15.7 Å². The van der Waals surface area contributed by atoms with Crippen molar-refractivity contribution in [3.8, 4) is 5.75 Å². The molecule has 1 aromatic carbocycles. The average molecular weight is 558 g/mol. The summed E-state index contributed by atoms with van der Waals surface area (Å²) in [4.78, 5) is 14.0. The molecule has 0 amide bonds. The number of alkyl halides is 3. The highest BCUT2D eigenvalue weighted by Gasteiger charge is 2.39. The van der Waals surface area contributed by atoms with Crippen molar-refractivity contribution in [3.63, 3.8) is 0 Å². The number of esters is 1. The Morgan fingerprint density at radius 1 is 1.18 bits per heavy atom. The van der Waals surface area contributed by atoms with Crippen LogP contribution in [0, 0.1) is 11.8 Å². The largest absolute Gasteiger partial charge is 0.491 e. The third-order valence-corrected chi connectivity index (χ3v) is 6.95. The molecule has 1 fully saturated rings. The van der Waals surface area contributed by atoms with E-state index < -0.39 is 36.0 Å². The van der Waals surface area contributed by atoms with Gasteiger partial charge in [0.05, 0.1) is 17.8 Å². The van der Waals surface area contributed by atoms with Gasteiger partial charge in [-0.3, -0.25) is 4.79 Å². The zero-order chi connectivity index (χ0) is 28.8. The van der Waals surface area contributed by atoms with Crippen LogP contribution in [0.2, 0.25) is 0 Å². The summed E-state index contributed by atoms with van der Waals surface area (Å²) in [7, 11) is 0. The second kappa shape index (κ2) is 16.6. The van der Waals surface area contributed by atoms with Gasteiger partial charge in [-0.1, -0.05) is 44.2 Å². The Balaban J connectivity index is 1.75. The normalized spacial score (nSPS) is 22.7. The first-order chi connectivity index (χ1) is 18.5. The van der Waals surface area contributed by atoms with Crippen LogP contribution in [-0.4, -0.2) is 77.3 Å². The van der Waals surface area contributed by atoms with Crippen molar-refractivity contribution in [2.24, 2.45) is 11.8 Å². The maximum absolute atomic E-state index is 12.8. The van der Waals surface area contributed by atoms with E-state index in [9.17, 15) is 33.3 Å². The molecule has 5 unspecified atom stereocenters. The fraction of sp³-hybridized carbons (Fsp3) is 0.621. The molecule has 0 bridgehead atoms. The number of aliphatic hydroxyl groups is 3. The Hall–Kier alpha value is -2.40. The Kier molecular flexibility index (Phi) is 14.0. The Bertz CT molecular complexity index is 919. The fourth-order valence-corrected chi connectivity index (χ4v) is 4.60. The number of likely N-dealkylation sites (N-methyl/N-ethyl adjacent to an activating group) is 1. The highest BCUT2D eigenvalue weighted by molar-refractivity contribution is 5.69. The monoisotopic (exact) mass is 557 g/mol. The van der Waals surface area contributed by atoms with Crippen LogP contribution in [0.5, 0.6) is 5.75 Å². The molecule has 0 aliphatic heterocycles. The third-order valence-electron chi connectivity index (χ3n) is 6.95. The number of hydrogen-bond acceptors (Lipinski definition) is 7. The predicted octanol–water partition coefficient (Wildman–Crippen LogP) is 4.36. The molecular weight excluding hydrogens is 515 g/mol. The first-order valence-corrected chi connectivity index (χ1v) is 13.6. The minimum atomic E-state index is -4.49. The molecule has 1 aliphatic carbocycles. The van der Waals surface area contributed by atoms with Gasteiger partial charge in [0.25, 0.3) is 0 Å². The van der Waals surface area contributed by atoms with Gasteiger partial charge in [-0.25, -0.2) is 0 Å². The van der Waals surface area contributed by atoms with Crippen LogP contribution in [0.15, 0.2) is 48.6 Å². The summed E-state index contributed by atoms with van der Waals surface area (Å²) in [6.45, 7) is 6.82. The maximum Gasteiger partial charge on any atom is 0.416 e. The van der Waals surface area contributed by atoms with E-state index in [1.807, 2.05) is 12.2 Å². The molecule has 0 aromatic heterocycles. The molecule has 0 saturated heterocycles. The van der Waals surface area contributed by atoms with Crippen LogP contribution in [0.25, 0.3) is 0 Å². The second-order valence-electron chi connectivity index (χ2n) is 9.75. The van der Waals surface area contributed by atoms with E-state index in [2.05, 4.69) is 18.7 Å². The minimum Gasteiger partial charge on any atom is -0.491 e. The van der Waals surface area contributed by atoms with Crippen molar-refractivity contribution in [3.05, 3.63) is 54.1 Å². The third kappa shape index (κ3) is 11.7. The number of hydrogen-bond donors (Lipinski definition) is 3. The number of benzene rings is 1. The molecule has 1 aliphatic rings. The molecule has 10 heteroatoms. The minimum absolute atomic E-state index is 0.00972. The highest BCUT2D eigenvalue weighted by Crippen LogP contribution is 2.36. The van der Waals surface area contributed by atoms with Crippen LogP contribution >= 0.6 is 0 Å². The van der Waals surface area contributed by atoms with Gasteiger partial charge in [0, 0.05) is 25.3 Å². The second-order valence-corrected chi connectivity index (χ2v) is 9.75. The SMILES string of the molecule is CCN(CC)CCOC(=O)CCCC=CCC1C(O)CC(O)C1C=CC(O)COc1cccc(C(F)(F)F)c1. The molecule has 2 rings (SSSR count). The van der Waals surface area contributed by atoms with Crippen molar-refractivity contribution >= 4 is 5.97 Å². The average Bonchev–Trinajstić information content (AvgIpc) is 3.17. The number of halogens is 3. The molecule has 5 atom stereocenters. The number of allylic oxidation sites excluding steroid dienone is 2. The number of nitrogens with zero attached hydrogens (tertiary/aromatic N) is 1. The van der Waals surface area contributed by atoms with Gasteiger partial charge in [0.15, 0.2) is 0 Å². The van der Waals surface area contributed by atoms with Gasteiger partial charge >= 0.3 is 12.1 Å². The molecule has 3 N–H and O–H groups in total. The topological polar surface area (TPSA) is 99.5 Å². The Morgan fingerprint density at radius 3 is 2.62 bits per heavy atom. The molecule has 39 heavy (non-hydrogen) atoms. The van der Waals surface area contributed by atoms with Crippen LogP contribution in [0.3, 0.4) is 0 Å². The maximum atomic E-state index is 12.8. The first-order valence-electron chi connectivity index (χ1n) is 13.6. The van der Waals surface area contributed by atoms with Gasteiger partial charge in [0.1, 0.15) is 25.1 Å². The molecule has 0 radical (unpaired) electrons. The number of ether oxygens (including phenoxy) is 2. The van der Waals surface area contributed by atoms with E-state index in [0.717, 1.165) is 31.8 Å². The lowest BCUT2D eigenvalue weighted by atomic mass is 9.89. The molecule has 7 nitrogen and oxygen atoms in total. The van der Waals surface area contributed by atoms with Gasteiger partial charge in [-0.2, -0.15) is 13.2 Å². The lowest BCUT2D eigenvalue weighted by molar-refractivity contribution is -0.144. The smallest absolute Gasteiger partial charge is 0.416 e. The zero-order valence-corrected chi connectivity index (χ0v) is 22.7. The van der Waals surface area contributed by atoms with Crippen molar-refractivity contribution in [2.75, 3.05) is 32.8 Å². The number of rotatable bonds is 16. The molecule has 1 aromatic rings. The summed E-state index contributed by atoms with van der Waals surface area (Å²) in [5.41, 5.74) is -0.838. The van der Waals surface area contributed by atoms with Gasteiger partial charge in [-0.15, -0.1) is 0 Å². The number of unbranched alkanes of at least 4 members (excludes halogenated alkanes) is 1. The van der Waals surface area contributed by atoms with Crippen LogP contribution < -0.4 is 4.74 Å². The number of carbonyl (C=O) groups is 1. The van der Waals surface area contributed by atoms with Crippen molar-refractivity contribution in [1.29, 1.82) is 0 Å². The lowest BCUT2D eigenvalue weighted by Gasteiger charge is -2.19. The van der Waals surface area contributed by atoms with E-state index in [0.29, 0.717) is 32.3 Å². The molecule has 1 saturated carbocycles. The van der Waals surface area contributed by atoms with Crippen molar-refractivity contribution < 1.29 is 42.8 Å². The van der Waals surface area contributed by atoms with E-state index in [1.54, 1.807) is 6.08 Å². The van der Waals surface area contributed by atoms with E-state index >= 15 is 0 Å². The van der Waals surface area contributed by atoms with Crippen molar-refractivity contribution in [1.82, 2.24) is 4.90 Å². The van der Waals surface area contributed by atoms with E-state index in [-0.39, 0.29) is 30.7 Å².